The molecule has 3 heterocycles. The number of benzene rings is 3. The number of halogens is 3. The van der Waals surface area contributed by atoms with E-state index < -0.39 is 17.5 Å². The average Bonchev–Trinajstić information content (AvgIpc) is 3.53. The molecule has 1 spiro atoms. The highest BCUT2D eigenvalue weighted by Crippen LogP contribution is 2.47. The predicted octanol–water partition coefficient (Wildman–Crippen LogP) is 5.95. The number of hydrogen-bond donors (Lipinski definition) is 0. The Labute approximate surface area is 220 Å². The third-order valence-corrected chi connectivity index (χ3v) is 8.31. The zero-order chi connectivity index (χ0) is 26.4. The molecule has 2 amide bonds. The minimum absolute atomic E-state index is 0.0318. The van der Waals surface area contributed by atoms with Crippen molar-refractivity contribution in [2.45, 2.75) is 18.3 Å². The lowest BCUT2D eigenvalue weighted by Crippen LogP contribution is -2.47. The van der Waals surface area contributed by atoms with E-state index in [0.29, 0.717) is 38.0 Å². The number of carbonyl (C=O) groups excluding carboxylic acids is 2. The number of fused-ring (bicyclic) bond motifs is 3. The number of anilines is 1. The molecular weight excluding hydrogens is 511 g/mol. The van der Waals surface area contributed by atoms with Gasteiger partial charge in [-0.2, -0.15) is 0 Å². The molecule has 4 aromatic rings. The van der Waals surface area contributed by atoms with Gasteiger partial charge < -0.3 is 9.80 Å². The van der Waals surface area contributed by atoms with E-state index in [0.717, 1.165) is 33.6 Å². The maximum absolute atomic E-state index is 13.6. The van der Waals surface area contributed by atoms with Crippen LogP contribution in [0.25, 0.3) is 16.3 Å². The molecule has 2 aliphatic rings. The summed E-state index contributed by atoms with van der Waals surface area (Å²) in [5.74, 6) is -4.53. The molecule has 1 saturated heterocycles. The van der Waals surface area contributed by atoms with Crippen molar-refractivity contribution in [1.29, 1.82) is 0 Å². The van der Waals surface area contributed by atoms with Crippen LogP contribution in [0.1, 0.15) is 34.3 Å². The van der Waals surface area contributed by atoms with Gasteiger partial charge in [-0.25, -0.2) is 18.2 Å². The van der Waals surface area contributed by atoms with Gasteiger partial charge in [0, 0.05) is 42.4 Å². The van der Waals surface area contributed by atoms with Gasteiger partial charge in [0.15, 0.2) is 17.5 Å². The van der Waals surface area contributed by atoms with E-state index in [1.807, 2.05) is 47.4 Å². The van der Waals surface area contributed by atoms with Gasteiger partial charge in [-0.1, -0.05) is 18.2 Å². The summed E-state index contributed by atoms with van der Waals surface area (Å²) < 4.78 is 41.5. The van der Waals surface area contributed by atoms with Gasteiger partial charge in [0.2, 0.25) is 0 Å². The molecule has 9 heteroatoms. The summed E-state index contributed by atoms with van der Waals surface area (Å²) in [7, 11) is 0. The van der Waals surface area contributed by atoms with E-state index in [4.69, 9.17) is 0 Å². The fourth-order valence-electron chi connectivity index (χ4n) is 5.49. The standard InChI is InChI=1S/C29H22F3N3O2S/c30-21-13-18(14-22(31)27(21)32)5-8-26(36)35-16-29(20-3-1-2-4-24(20)35)9-11-34(12-10-29)28(37)19-6-7-25-23(15-19)33-17-38-25/h1-8,13-15,17H,9-12,16H2/b8-5+. The maximum atomic E-state index is 13.6. The number of para-hydroxylation sites is 1. The van der Waals surface area contributed by atoms with Gasteiger partial charge in [-0.3, -0.25) is 9.59 Å². The van der Waals surface area contributed by atoms with Gasteiger partial charge in [0.05, 0.1) is 15.7 Å². The molecular formula is C29H22F3N3O2S. The largest absolute Gasteiger partial charge is 0.339 e. The van der Waals surface area contributed by atoms with Crippen LogP contribution in [0, 0.1) is 17.5 Å². The molecule has 0 saturated carbocycles. The van der Waals surface area contributed by atoms with E-state index in [1.54, 1.807) is 10.4 Å². The summed E-state index contributed by atoms with van der Waals surface area (Å²) in [6, 6.07) is 15.0. The number of rotatable bonds is 3. The lowest BCUT2D eigenvalue weighted by molar-refractivity contribution is -0.114. The second kappa shape index (κ2) is 9.40. The number of thiazole rings is 1. The third kappa shape index (κ3) is 4.16. The van der Waals surface area contributed by atoms with Crippen molar-refractivity contribution in [3.8, 4) is 0 Å². The molecule has 192 valence electrons. The fraction of sp³-hybridized carbons (Fsp3) is 0.207. The lowest BCUT2D eigenvalue weighted by atomic mass is 9.74. The molecule has 6 rings (SSSR count). The summed E-state index contributed by atoms with van der Waals surface area (Å²) in [5, 5.41) is 0. The van der Waals surface area contributed by atoms with Crippen LogP contribution in [0.2, 0.25) is 0 Å². The molecule has 0 radical (unpaired) electrons. The van der Waals surface area contributed by atoms with Crippen molar-refractivity contribution < 1.29 is 22.8 Å². The molecule has 0 N–H and O–H groups in total. The van der Waals surface area contributed by atoms with Crippen molar-refractivity contribution >= 4 is 45.1 Å². The van der Waals surface area contributed by atoms with E-state index in [-0.39, 0.29) is 22.8 Å². The first kappa shape index (κ1) is 24.4. The minimum Gasteiger partial charge on any atom is -0.339 e. The van der Waals surface area contributed by atoms with Crippen LogP contribution in [0.4, 0.5) is 18.9 Å². The minimum atomic E-state index is -1.54. The van der Waals surface area contributed by atoms with Crippen LogP contribution < -0.4 is 4.90 Å². The lowest BCUT2D eigenvalue weighted by Gasteiger charge is -2.40. The Balaban J connectivity index is 1.20. The molecule has 38 heavy (non-hydrogen) atoms. The van der Waals surface area contributed by atoms with E-state index in [9.17, 15) is 22.8 Å². The second-order valence-corrected chi connectivity index (χ2v) is 10.6. The highest BCUT2D eigenvalue weighted by Gasteiger charge is 2.46. The van der Waals surface area contributed by atoms with Crippen LogP contribution in [0.15, 0.2) is 66.2 Å². The number of aromatic nitrogens is 1. The Morgan fingerprint density at radius 3 is 2.47 bits per heavy atom. The Kier molecular flexibility index (Phi) is 6.03. The molecule has 1 fully saturated rings. The molecule has 0 unspecified atom stereocenters. The van der Waals surface area contributed by atoms with Crippen LogP contribution in [-0.4, -0.2) is 41.3 Å². The third-order valence-electron chi connectivity index (χ3n) is 7.50. The van der Waals surface area contributed by atoms with Crippen molar-refractivity contribution in [2.24, 2.45) is 0 Å². The summed E-state index contributed by atoms with van der Waals surface area (Å²) >= 11 is 1.53. The maximum Gasteiger partial charge on any atom is 0.253 e. The van der Waals surface area contributed by atoms with E-state index in [2.05, 4.69) is 4.98 Å². The summed E-state index contributed by atoms with van der Waals surface area (Å²) in [6.07, 6.45) is 3.91. The van der Waals surface area contributed by atoms with Gasteiger partial charge >= 0.3 is 0 Å². The van der Waals surface area contributed by atoms with Crippen molar-refractivity contribution in [2.75, 3.05) is 24.5 Å². The highest BCUT2D eigenvalue weighted by atomic mass is 32.1. The Bertz CT molecular complexity index is 1580. The van der Waals surface area contributed by atoms with E-state index >= 15 is 0 Å². The Morgan fingerprint density at radius 2 is 1.71 bits per heavy atom. The predicted molar refractivity (Wildman–Crippen MR) is 141 cm³/mol. The molecule has 3 aromatic carbocycles. The normalized spacial score (nSPS) is 16.5. The van der Waals surface area contributed by atoms with Crippen LogP contribution in [0.5, 0.6) is 0 Å². The van der Waals surface area contributed by atoms with Crippen LogP contribution >= 0.6 is 11.3 Å². The van der Waals surface area contributed by atoms with Crippen molar-refractivity contribution in [3.63, 3.8) is 0 Å². The SMILES string of the molecule is O=C(c1ccc2scnc2c1)N1CCC2(CC1)CN(C(=O)/C=C/c1cc(F)c(F)c(F)c1)c1ccccc12. The second-order valence-electron chi connectivity index (χ2n) is 9.68. The zero-order valence-corrected chi connectivity index (χ0v) is 21.0. The summed E-state index contributed by atoms with van der Waals surface area (Å²) in [4.78, 5) is 34.2. The Hall–Kier alpha value is -3.98. The van der Waals surface area contributed by atoms with E-state index in [1.165, 1.54) is 23.5 Å². The highest BCUT2D eigenvalue weighted by molar-refractivity contribution is 7.16. The van der Waals surface area contributed by atoms with Gasteiger partial charge in [0.1, 0.15) is 0 Å². The molecule has 1 aromatic heterocycles. The number of likely N-dealkylation sites (tertiary alicyclic amines) is 1. The quantitative estimate of drug-likeness (QED) is 0.242. The number of piperidine rings is 1. The molecule has 0 aliphatic carbocycles. The number of nitrogens with zero attached hydrogens (tertiary/aromatic N) is 3. The topological polar surface area (TPSA) is 53.5 Å². The number of hydrogen-bond acceptors (Lipinski definition) is 4. The zero-order valence-electron chi connectivity index (χ0n) is 20.2. The smallest absolute Gasteiger partial charge is 0.253 e. The average molecular weight is 534 g/mol. The van der Waals surface area contributed by atoms with Gasteiger partial charge in [-0.05, 0) is 66.4 Å². The van der Waals surface area contributed by atoms with Crippen LogP contribution in [-0.2, 0) is 10.2 Å². The first-order valence-electron chi connectivity index (χ1n) is 12.2. The molecule has 0 atom stereocenters. The van der Waals surface area contributed by atoms with Gasteiger partial charge in [0.25, 0.3) is 11.8 Å². The monoisotopic (exact) mass is 533 g/mol. The van der Waals surface area contributed by atoms with Crippen LogP contribution in [0.3, 0.4) is 0 Å². The van der Waals surface area contributed by atoms with Crippen molar-refractivity contribution in [3.05, 3.63) is 100 Å². The number of carbonyl (C=O) groups is 2. The Morgan fingerprint density at radius 1 is 0.974 bits per heavy atom. The summed E-state index contributed by atoms with van der Waals surface area (Å²) in [6.45, 7) is 1.54. The molecule has 5 nitrogen and oxygen atoms in total. The fourth-order valence-corrected chi connectivity index (χ4v) is 6.15. The van der Waals surface area contributed by atoms with Gasteiger partial charge in [-0.15, -0.1) is 11.3 Å². The number of amides is 2. The molecule has 0 bridgehead atoms. The first-order chi connectivity index (χ1) is 18.3. The van der Waals surface area contributed by atoms with Crippen molar-refractivity contribution in [1.82, 2.24) is 9.88 Å². The first-order valence-corrected chi connectivity index (χ1v) is 13.1. The summed E-state index contributed by atoms with van der Waals surface area (Å²) in [5.41, 5.74) is 4.78. The molecule has 2 aliphatic heterocycles.